The van der Waals surface area contributed by atoms with Gasteiger partial charge in [-0.15, -0.1) is 0 Å². The standard InChI is InChI=1S/C18H15Br2NO5.C2H6/c1-18(2)12-11-9(6-25-17(12)24)15(22)21-13(11)14(18)26-16(23)8-4-3-7(19)5-10(8)20;1-2/h3-6,11-14H,1-2H3,(H,21,22);1-2H3/t11-,12-,13+,14+;/m1./s1. The average Bonchev–Trinajstić information content (AvgIpc) is 3.06. The van der Waals surface area contributed by atoms with E-state index in [2.05, 4.69) is 37.2 Å². The number of hydrogen-bond acceptors (Lipinski definition) is 5. The number of esters is 2. The van der Waals surface area contributed by atoms with E-state index in [1.54, 1.807) is 18.2 Å². The third-order valence-electron chi connectivity index (χ3n) is 5.47. The number of amides is 1. The lowest BCUT2D eigenvalue weighted by atomic mass is 9.75. The average molecular weight is 515 g/mol. The van der Waals surface area contributed by atoms with Crippen LogP contribution in [-0.2, 0) is 19.1 Å². The van der Waals surface area contributed by atoms with Crippen LogP contribution in [0.5, 0.6) is 0 Å². The molecular formula is C20H21Br2NO5. The maximum atomic E-state index is 12.8. The SMILES string of the molecule is CC.CC1(C)[C@@H](OC(=O)c2ccc(Br)cc2Br)[C@H]2NC(=O)C3=COC(=O)[C@H]1[C@@H]32. The molecule has 1 saturated carbocycles. The van der Waals surface area contributed by atoms with Crippen LogP contribution in [0.2, 0.25) is 0 Å². The molecule has 6 nitrogen and oxygen atoms in total. The van der Waals surface area contributed by atoms with Crippen molar-refractivity contribution in [1.29, 1.82) is 0 Å². The predicted molar refractivity (Wildman–Crippen MR) is 109 cm³/mol. The molecule has 2 fully saturated rings. The Balaban J connectivity index is 0.00000109. The molecule has 0 radical (unpaired) electrons. The lowest BCUT2D eigenvalue weighted by Gasteiger charge is -2.34. The molecule has 3 aliphatic rings. The first kappa shape index (κ1) is 21.0. The summed E-state index contributed by atoms with van der Waals surface area (Å²) in [6.45, 7) is 7.72. The Hall–Kier alpha value is -1.67. The van der Waals surface area contributed by atoms with Crippen molar-refractivity contribution in [2.45, 2.75) is 39.8 Å². The second-order valence-electron chi connectivity index (χ2n) is 7.28. The minimum absolute atomic E-state index is 0.279. The molecule has 2 heterocycles. The number of benzene rings is 1. The van der Waals surface area contributed by atoms with E-state index in [-0.39, 0.29) is 11.8 Å². The zero-order valence-electron chi connectivity index (χ0n) is 15.9. The highest BCUT2D eigenvalue weighted by atomic mass is 79.9. The molecule has 8 heteroatoms. The third kappa shape index (κ3) is 3.20. The highest BCUT2D eigenvalue weighted by Gasteiger charge is 2.66. The van der Waals surface area contributed by atoms with Gasteiger partial charge in [0.25, 0.3) is 5.91 Å². The normalized spacial score (nSPS) is 29.0. The van der Waals surface area contributed by atoms with Crippen LogP contribution in [0, 0.1) is 17.3 Å². The Kier molecular flexibility index (Phi) is 5.74. The molecule has 4 rings (SSSR count). The van der Waals surface area contributed by atoms with Crippen LogP contribution in [0.1, 0.15) is 38.1 Å². The van der Waals surface area contributed by atoms with Gasteiger partial charge in [0.05, 0.1) is 23.1 Å². The number of carbonyl (C=O) groups is 3. The summed E-state index contributed by atoms with van der Waals surface area (Å²) in [5.74, 6) is -2.07. The molecule has 2 aliphatic heterocycles. The van der Waals surface area contributed by atoms with Crippen molar-refractivity contribution < 1.29 is 23.9 Å². The van der Waals surface area contributed by atoms with Crippen LogP contribution in [0.4, 0.5) is 0 Å². The summed E-state index contributed by atoms with van der Waals surface area (Å²) in [6, 6.07) is 4.71. The Morgan fingerprint density at radius 1 is 1.21 bits per heavy atom. The maximum Gasteiger partial charge on any atom is 0.339 e. The van der Waals surface area contributed by atoms with Crippen molar-refractivity contribution in [3.8, 4) is 0 Å². The van der Waals surface area contributed by atoms with Crippen molar-refractivity contribution in [3.05, 3.63) is 44.5 Å². The number of ether oxygens (including phenoxy) is 2. The molecule has 0 spiro atoms. The van der Waals surface area contributed by atoms with Gasteiger partial charge in [-0.25, -0.2) is 4.79 Å². The second kappa shape index (κ2) is 7.63. The topological polar surface area (TPSA) is 81.7 Å². The number of carbonyl (C=O) groups excluding carboxylic acids is 3. The van der Waals surface area contributed by atoms with E-state index in [1.165, 1.54) is 6.26 Å². The maximum absolute atomic E-state index is 12.8. The van der Waals surface area contributed by atoms with Gasteiger partial charge in [-0.2, -0.15) is 0 Å². The van der Waals surface area contributed by atoms with Crippen LogP contribution in [0.15, 0.2) is 39.0 Å². The zero-order valence-corrected chi connectivity index (χ0v) is 19.1. The molecule has 4 atom stereocenters. The quantitative estimate of drug-likeness (QED) is 0.604. The fourth-order valence-corrected chi connectivity index (χ4v) is 5.47. The van der Waals surface area contributed by atoms with Gasteiger partial charge in [-0.1, -0.05) is 43.6 Å². The van der Waals surface area contributed by atoms with Crippen molar-refractivity contribution in [2.24, 2.45) is 17.3 Å². The molecule has 1 aromatic carbocycles. The molecule has 28 heavy (non-hydrogen) atoms. The number of rotatable bonds is 2. The van der Waals surface area contributed by atoms with E-state index in [1.807, 2.05) is 27.7 Å². The zero-order chi connectivity index (χ0) is 20.8. The number of cyclic esters (lactones) is 1. The molecule has 0 aromatic heterocycles. The van der Waals surface area contributed by atoms with Crippen LogP contribution < -0.4 is 5.32 Å². The molecule has 1 aliphatic carbocycles. The first-order valence-electron chi connectivity index (χ1n) is 9.09. The van der Waals surface area contributed by atoms with Crippen molar-refractivity contribution in [1.82, 2.24) is 5.32 Å². The summed E-state index contributed by atoms with van der Waals surface area (Å²) in [7, 11) is 0. The van der Waals surface area contributed by atoms with Crippen LogP contribution in [-0.4, -0.2) is 30.0 Å². The Labute approximate surface area is 180 Å². The third-order valence-corrected chi connectivity index (χ3v) is 6.62. The van der Waals surface area contributed by atoms with Crippen molar-refractivity contribution >= 4 is 49.7 Å². The summed E-state index contributed by atoms with van der Waals surface area (Å²) in [6.07, 6.45) is 0.575. The van der Waals surface area contributed by atoms with E-state index < -0.39 is 35.4 Å². The van der Waals surface area contributed by atoms with Crippen LogP contribution in [0.25, 0.3) is 0 Å². The lowest BCUT2D eigenvalue weighted by Crippen LogP contribution is -2.45. The molecule has 1 aromatic rings. The molecule has 150 valence electrons. The first-order chi connectivity index (χ1) is 13.2. The van der Waals surface area contributed by atoms with E-state index in [4.69, 9.17) is 9.47 Å². The molecule has 0 bridgehead atoms. The minimum atomic E-state index is -0.683. The number of halogens is 2. The van der Waals surface area contributed by atoms with Gasteiger partial charge in [0, 0.05) is 20.3 Å². The lowest BCUT2D eigenvalue weighted by molar-refractivity contribution is -0.150. The summed E-state index contributed by atoms with van der Waals surface area (Å²) in [5, 5.41) is 2.86. The predicted octanol–water partition coefficient (Wildman–Crippen LogP) is 3.97. The van der Waals surface area contributed by atoms with Gasteiger partial charge in [0.1, 0.15) is 12.4 Å². The molecule has 1 amide bonds. The van der Waals surface area contributed by atoms with Crippen LogP contribution in [0.3, 0.4) is 0 Å². The Morgan fingerprint density at radius 3 is 2.54 bits per heavy atom. The first-order valence-corrected chi connectivity index (χ1v) is 10.7. The second-order valence-corrected chi connectivity index (χ2v) is 9.05. The van der Waals surface area contributed by atoms with Gasteiger partial charge < -0.3 is 14.8 Å². The highest BCUT2D eigenvalue weighted by Crippen LogP contribution is 2.55. The van der Waals surface area contributed by atoms with Gasteiger partial charge >= 0.3 is 11.9 Å². The van der Waals surface area contributed by atoms with E-state index in [0.717, 1.165) is 4.47 Å². The summed E-state index contributed by atoms with van der Waals surface area (Å²) < 4.78 is 12.3. The van der Waals surface area contributed by atoms with Gasteiger partial charge in [-0.3, -0.25) is 9.59 Å². The monoisotopic (exact) mass is 513 g/mol. The smallest absolute Gasteiger partial charge is 0.339 e. The Bertz CT molecular complexity index is 879. The molecule has 1 N–H and O–H groups in total. The van der Waals surface area contributed by atoms with Crippen LogP contribution >= 0.6 is 31.9 Å². The van der Waals surface area contributed by atoms with Gasteiger partial charge in [-0.05, 0) is 34.1 Å². The van der Waals surface area contributed by atoms with Gasteiger partial charge in [0.15, 0.2) is 0 Å². The number of hydrogen-bond donors (Lipinski definition) is 1. The number of nitrogens with one attached hydrogen (secondary N) is 1. The largest absolute Gasteiger partial charge is 0.456 e. The fraction of sp³-hybridized carbons (Fsp3) is 0.450. The minimum Gasteiger partial charge on any atom is -0.456 e. The fourth-order valence-electron chi connectivity index (χ4n) is 4.26. The van der Waals surface area contributed by atoms with E-state index >= 15 is 0 Å². The molecular weight excluding hydrogens is 494 g/mol. The highest BCUT2D eigenvalue weighted by molar-refractivity contribution is 9.11. The summed E-state index contributed by atoms with van der Waals surface area (Å²) >= 11 is 6.71. The van der Waals surface area contributed by atoms with E-state index in [9.17, 15) is 14.4 Å². The van der Waals surface area contributed by atoms with Crippen molar-refractivity contribution in [3.63, 3.8) is 0 Å². The Morgan fingerprint density at radius 2 is 1.89 bits per heavy atom. The molecule has 0 unspecified atom stereocenters. The van der Waals surface area contributed by atoms with Gasteiger partial charge in [0.2, 0.25) is 0 Å². The summed E-state index contributed by atoms with van der Waals surface area (Å²) in [5.41, 5.74) is 0.134. The summed E-state index contributed by atoms with van der Waals surface area (Å²) in [4.78, 5) is 37.3. The van der Waals surface area contributed by atoms with Crippen molar-refractivity contribution in [2.75, 3.05) is 0 Å². The molecule has 1 saturated heterocycles. The van der Waals surface area contributed by atoms with E-state index in [0.29, 0.717) is 15.6 Å².